The fourth-order valence-corrected chi connectivity index (χ4v) is 3.05. The minimum absolute atomic E-state index is 0.0526. The van der Waals surface area contributed by atoms with Crippen LogP contribution in [0.15, 0.2) is 66.7 Å². The molecule has 1 nitrogen and oxygen atoms in total. The molecule has 0 aromatic heterocycles. The van der Waals surface area contributed by atoms with Gasteiger partial charge in [-0.05, 0) is 29.0 Å². The number of methoxy groups -OCH3 is 1. The zero-order chi connectivity index (χ0) is 14.7. The lowest BCUT2D eigenvalue weighted by Gasteiger charge is -2.15. The first kappa shape index (κ1) is 14.0. The van der Waals surface area contributed by atoms with E-state index < -0.39 is 0 Å². The molecule has 3 aromatic carbocycles. The highest BCUT2D eigenvalue weighted by Crippen LogP contribution is 2.35. The molecule has 1 unspecified atom stereocenters. The Balaban J connectivity index is 2.00. The maximum absolute atomic E-state index is 6.67. The number of alkyl halides is 1. The van der Waals surface area contributed by atoms with Crippen LogP contribution in [0.5, 0.6) is 5.75 Å². The smallest absolute Gasteiger partial charge is 0.126 e. The van der Waals surface area contributed by atoms with Crippen LogP contribution in [0.25, 0.3) is 10.8 Å². The quantitative estimate of drug-likeness (QED) is 0.588. The molecule has 2 heteroatoms. The van der Waals surface area contributed by atoms with Crippen molar-refractivity contribution in [3.63, 3.8) is 0 Å². The maximum atomic E-state index is 6.67. The normalized spacial score (nSPS) is 12.3. The van der Waals surface area contributed by atoms with Gasteiger partial charge in [-0.3, -0.25) is 0 Å². The van der Waals surface area contributed by atoms with E-state index >= 15 is 0 Å². The maximum Gasteiger partial charge on any atom is 0.126 e. The van der Waals surface area contributed by atoms with E-state index in [1.165, 1.54) is 5.56 Å². The summed E-state index contributed by atoms with van der Waals surface area (Å²) in [6, 6.07) is 22.7. The standard InChI is InChI=1S/C19H17ClO/c1-21-19-12-11-16(15-9-5-6-10-17(15)19)18(20)13-14-7-3-2-4-8-14/h2-12,18H,13H2,1H3. The molecule has 0 fully saturated rings. The minimum atomic E-state index is -0.0526. The first-order chi connectivity index (χ1) is 10.3. The SMILES string of the molecule is COc1ccc(C(Cl)Cc2ccccc2)c2ccccc12. The molecule has 3 rings (SSSR count). The predicted molar refractivity (Wildman–Crippen MR) is 89.2 cm³/mol. The van der Waals surface area contributed by atoms with E-state index in [1.54, 1.807) is 7.11 Å². The van der Waals surface area contributed by atoms with Crippen LogP contribution in [0.1, 0.15) is 16.5 Å². The molecular formula is C19H17ClO. The Morgan fingerprint density at radius 2 is 1.52 bits per heavy atom. The van der Waals surface area contributed by atoms with E-state index in [0.717, 1.165) is 28.5 Å². The van der Waals surface area contributed by atoms with Crippen molar-refractivity contribution < 1.29 is 4.74 Å². The molecule has 0 saturated heterocycles. The summed E-state index contributed by atoms with van der Waals surface area (Å²) in [4.78, 5) is 0. The second-order valence-electron chi connectivity index (χ2n) is 5.06. The van der Waals surface area contributed by atoms with Gasteiger partial charge in [0.1, 0.15) is 5.75 Å². The Morgan fingerprint density at radius 1 is 0.857 bits per heavy atom. The zero-order valence-corrected chi connectivity index (χ0v) is 12.7. The molecule has 0 spiro atoms. The van der Waals surface area contributed by atoms with Crippen LogP contribution in [0.2, 0.25) is 0 Å². The van der Waals surface area contributed by atoms with Gasteiger partial charge in [0.2, 0.25) is 0 Å². The second-order valence-corrected chi connectivity index (χ2v) is 5.59. The molecule has 3 aromatic rings. The largest absolute Gasteiger partial charge is 0.496 e. The average Bonchev–Trinajstić information content (AvgIpc) is 2.54. The summed E-state index contributed by atoms with van der Waals surface area (Å²) in [7, 11) is 1.70. The van der Waals surface area contributed by atoms with E-state index in [1.807, 2.05) is 36.4 Å². The van der Waals surface area contributed by atoms with Crippen molar-refractivity contribution in [1.29, 1.82) is 0 Å². The molecule has 0 heterocycles. The van der Waals surface area contributed by atoms with Gasteiger partial charge in [0.15, 0.2) is 0 Å². The first-order valence-electron chi connectivity index (χ1n) is 7.03. The van der Waals surface area contributed by atoms with Crippen LogP contribution >= 0.6 is 11.6 Å². The number of hydrogen-bond donors (Lipinski definition) is 0. The lowest BCUT2D eigenvalue weighted by molar-refractivity contribution is 0.419. The number of ether oxygens (including phenoxy) is 1. The van der Waals surface area contributed by atoms with Crippen LogP contribution in [-0.2, 0) is 6.42 Å². The number of fused-ring (bicyclic) bond motifs is 1. The van der Waals surface area contributed by atoms with Gasteiger partial charge in [-0.15, -0.1) is 11.6 Å². The number of halogens is 1. The molecule has 0 radical (unpaired) electrons. The van der Waals surface area contributed by atoms with Gasteiger partial charge in [0.25, 0.3) is 0 Å². The highest BCUT2D eigenvalue weighted by Gasteiger charge is 2.14. The number of rotatable bonds is 4. The number of benzene rings is 3. The molecule has 106 valence electrons. The summed E-state index contributed by atoms with van der Waals surface area (Å²) >= 11 is 6.67. The summed E-state index contributed by atoms with van der Waals surface area (Å²) in [6.45, 7) is 0. The molecule has 0 bridgehead atoms. The average molecular weight is 297 g/mol. The lowest BCUT2D eigenvalue weighted by atomic mass is 9.97. The highest BCUT2D eigenvalue weighted by molar-refractivity contribution is 6.22. The number of hydrogen-bond acceptors (Lipinski definition) is 1. The summed E-state index contributed by atoms with van der Waals surface area (Å²) in [6.07, 6.45) is 0.818. The summed E-state index contributed by atoms with van der Waals surface area (Å²) in [5, 5.41) is 2.21. The van der Waals surface area contributed by atoms with E-state index in [-0.39, 0.29) is 5.38 Å². The van der Waals surface area contributed by atoms with Crippen LogP contribution in [0, 0.1) is 0 Å². The zero-order valence-electron chi connectivity index (χ0n) is 11.9. The molecule has 0 amide bonds. The molecule has 0 N–H and O–H groups in total. The second kappa shape index (κ2) is 6.19. The molecule has 0 aliphatic heterocycles. The van der Waals surface area contributed by atoms with E-state index in [9.17, 15) is 0 Å². The van der Waals surface area contributed by atoms with E-state index in [0.29, 0.717) is 0 Å². The minimum Gasteiger partial charge on any atom is -0.496 e. The first-order valence-corrected chi connectivity index (χ1v) is 7.47. The van der Waals surface area contributed by atoms with Gasteiger partial charge in [-0.1, -0.05) is 60.7 Å². The molecule has 0 aliphatic carbocycles. The van der Waals surface area contributed by atoms with Gasteiger partial charge in [0, 0.05) is 5.39 Å². The van der Waals surface area contributed by atoms with Gasteiger partial charge in [-0.25, -0.2) is 0 Å². The third-order valence-electron chi connectivity index (χ3n) is 3.73. The van der Waals surface area contributed by atoms with Crippen molar-refractivity contribution in [3.8, 4) is 5.75 Å². The summed E-state index contributed by atoms with van der Waals surface area (Å²) in [5.74, 6) is 0.887. The fraction of sp³-hybridized carbons (Fsp3) is 0.158. The van der Waals surface area contributed by atoms with Gasteiger partial charge >= 0.3 is 0 Å². The van der Waals surface area contributed by atoms with Crippen LogP contribution in [-0.4, -0.2) is 7.11 Å². The van der Waals surface area contributed by atoms with Gasteiger partial charge < -0.3 is 4.74 Å². The van der Waals surface area contributed by atoms with Gasteiger partial charge in [0.05, 0.1) is 12.5 Å². The Bertz CT molecular complexity index is 737. The van der Waals surface area contributed by atoms with Gasteiger partial charge in [-0.2, -0.15) is 0 Å². The van der Waals surface area contributed by atoms with Crippen molar-refractivity contribution in [3.05, 3.63) is 77.9 Å². The Kier molecular flexibility index (Phi) is 4.12. The molecule has 0 aliphatic rings. The predicted octanol–water partition coefficient (Wildman–Crippen LogP) is 5.37. The third-order valence-corrected chi connectivity index (χ3v) is 4.12. The van der Waals surface area contributed by atoms with Crippen molar-refractivity contribution in [2.75, 3.05) is 7.11 Å². The third kappa shape index (κ3) is 2.88. The fourth-order valence-electron chi connectivity index (χ4n) is 2.68. The van der Waals surface area contributed by atoms with E-state index in [4.69, 9.17) is 16.3 Å². The summed E-state index contributed by atoms with van der Waals surface area (Å²) < 4.78 is 5.44. The Hall–Kier alpha value is -1.99. The molecule has 1 atom stereocenters. The molecule has 0 saturated carbocycles. The topological polar surface area (TPSA) is 9.23 Å². The molecule has 21 heavy (non-hydrogen) atoms. The highest BCUT2D eigenvalue weighted by atomic mass is 35.5. The van der Waals surface area contributed by atoms with Crippen LogP contribution in [0.4, 0.5) is 0 Å². The van der Waals surface area contributed by atoms with Crippen molar-refractivity contribution in [2.24, 2.45) is 0 Å². The van der Waals surface area contributed by atoms with E-state index in [2.05, 4.69) is 30.3 Å². The van der Waals surface area contributed by atoms with Crippen molar-refractivity contribution >= 4 is 22.4 Å². The van der Waals surface area contributed by atoms with Crippen LogP contribution in [0.3, 0.4) is 0 Å². The van der Waals surface area contributed by atoms with Crippen molar-refractivity contribution in [1.82, 2.24) is 0 Å². The summed E-state index contributed by atoms with van der Waals surface area (Å²) in [5.41, 5.74) is 2.40. The monoisotopic (exact) mass is 296 g/mol. The molecular weight excluding hydrogens is 280 g/mol. The van der Waals surface area contributed by atoms with Crippen molar-refractivity contribution in [2.45, 2.75) is 11.8 Å². The Morgan fingerprint density at radius 3 is 2.24 bits per heavy atom. The lowest BCUT2D eigenvalue weighted by Crippen LogP contribution is -1.98. The van der Waals surface area contributed by atoms with Crippen LogP contribution < -0.4 is 4.74 Å². The Labute approximate surface area is 130 Å².